The Labute approximate surface area is 177 Å². The van der Waals surface area contributed by atoms with E-state index in [2.05, 4.69) is 26.3 Å². The molecule has 0 atom stereocenters. The number of rotatable bonds is 5. The highest BCUT2D eigenvalue weighted by Gasteiger charge is 2.15. The van der Waals surface area contributed by atoms with Crippen molar-refractivity contribution >= 4 is 28.1 Å². The smallest absolute Gasteiger partial charge is 0.227 e. The van der Waals surface area contributed by atoms with Crippen LogP contribution in [0.1, 0.15) is 5.56 Å². The monoisotopic (exact) mass is 419 g/mol. The number of methoxy groups -OCH3 is 1. The summed E-state index contributed by atoms with van der Waals surface area (Å²) in [4.78, 5) is 11.1. The van der Waals surface area contributed by atoms with E-state index in [9.17, 15) is 9.47 Å². The van der Waals surface area contributed by atoms with Gasteiger partial charge in [0.1, 0.15) is 11.8 Å². The highest BCUT2D eigenvalue weighted by molar-refractivity contribution is 7.85. The normalized spacial score (nSPS) is 14.2. The lowest BCUT2D eigenvalue weighted by Gasteiger charge is -2.28. The van der Waals surface area contributed by atoms with E-state index in [1.165, 1.54) is 0 Å². The molecular weight excluding hydrogens is 398 g/mol. The summed E-state index contributed by atoms with van der Waals surface area (Å²) in [5, 5.41) is 12.5. The van der Waals surface area contributed by atoms with Gasteiger partial charge in [0, 0.05) is 58.5 Å². The molecule has 4 rings (SSSR count). The van der Waals surface area contributed by atoms with Gasteiger partial charge in [0.25, 0.3) is 0 Å². The Balaban J connectivity index is 1.50. The van der Waals surface area contributed by atoms with Crippen molar-refractivity contribution in [3.05, 3.63) is 60.3 Å². The molecule has 0 spiro atoms. The highest BCUT2D eigenvalue weighted by atomic mass is 32.2. The molecule has 1 N–H and O–H groups in total. The molecule has 0 radical (unpaired) electrons. The maximum atomic E-state index is 11.5. The molecule has 1 fully saturated rings. The molecule has 0 bridgehead atoms. The first kappa shape index (κ1) is 19.9. The molecule has 2 aromatic carbocycles. The Morgan fingerprint density at radius 2 is 1.90 bits per heavy atom. The van der Waals surface area contributed by atoms with Crippen molar-refractivity contribution in [1.82, 2.24) is 9.97 Å². The average molecular weight is 420 g/mol. The van der Waals surface area contributed by atoms with Crippen molar-refractivity contribution in [2.24, 2.45) is 0 Å². The summed E-state index contributed by atoms with van der Waals surface area (Å²) in [7, 11) is 0.858. The van der Waals surface area contributed by atoms with Gasteiger partial charge in [0.15, 0.2) is 0 Å². The summed E-state index contributed by atoms with van der Waals surface area (Å²) >= 11 is 0. The van der Waals surface area contributed by atoms with Crippen LogP contribution in [0.25, 0.3) is 11.3 Å². The molecule has 1 aliphatic rings. The van der Waals surface area contributed by atoms with Crippen LogP contribution in [0.5, 0.6) is 5.75 Å². The average Bonchev–Trinajstić information content (AvgIpc) is 2.80. The van der Waals surface area contributed by atoms with E-state index in [-0.39, 0.29) is 0 Å². The van der Waals surface area contributed by atoms with E-state index in [0.717, 1.165) is 41.5 Å². The van der Waals surface area contributed by atoms with E-state index in [4.69, 9.17) is 4.74 Å². The summed E-state index contributed by atoms with van der Waals surface area (Å²) in [6, 6.07) is 17.4. The Morgan fingerprint density at radius 3 is 2.60 bits per heavy atom. The van der Waals surface area contributed by atoms with Crippen LogP contribution in [0.15, 0.2) is 54.7 Å². The van der Waals surface area contributed by atoms with Gasteiger partial charge in [-0.15, -0.1) is 0 Å². The number of anilines is 3. The fourth-order valence-electron chi connectivity index (χ4n) is 3.32. The van der Waals surface area contributed by atoms with Crippen LogP contribution >= 0.6 is 0 Å². The molecule has 1 aromatic heterocycles. The topological polar surface area (TPSA) is 91.1 Å². The first-order valence-electron chi connectivity index (χ1n) is 9.55. The van der Waals surface area contributed by atoms with Gasteiger partial charge >= 0.3 is 0 Å². The second kappa shape index (κ2) is 8.93. The minimum Gasteiger partial charge on any atom is -0.495 e. The Kier molecular flexibility index (Phi) is 5.91. The molecule has 0 aliphatic carbocycles. The Hall–Kier alpha value is -3.44. The molecule has 1 aliphatic heterocycles. The van der Waals surface area contributed by atoms with Crippen molar-refractivity contribution in [1.29, 1.82) is 5.26 Å². The molecule has 30 heavy (non-hydrogen) atoms. The van der Waals surface area contributed by atoms with Gasteiger partial charge in [-0.05, 0) is 48.5 Å². The molecule has 1 saturated heterocycles. The fourth-order valence-corrected chi connectivity index (χ4v) is 4.37. The lowest BCUT2D eigenvalue weighted by atomic mass is 10.1. The molecule has 2 heterocycles. The van der Waals surface area contributed by atoms with E-state index in [0.29, 0.717) is 23.0 Å². The van der Waals surface area contributed by atoms with Gasteiger partial charge in [0.05, 0.1) is 18.4 Å². The third-order valence-electron chi connectivity index (χ3n) is 4.94. The predicted octanol–water partition coefficient (Wildman–Crippen LogP) is 3.34. The van der Waals surface area contributed by atoms with Gasteiger partial charge < -0.3 is 15.0 Å². The van der Waals surface area contributed by atoms with Crippen molar-refractivity contribution in [3.63, 3.8) is 0 Å². The largest absolute Gasteiger partial charge is 0.495 e. The van der Waals surface area contributed by atoms with E-state index < -0.39 is 10.8 Å². The number of ether oxygens (including phenoxy) is 1. The predicted molar refractivity (Wildman–Crippen MR) is 119 cm³/mol. The van der Waals surface area contributed by atoms with Crippen LogP contribution in [0.2, 0.25) is 0 Å². The van der Waals surface area contributed by atoms with Gasteiger partial charge in [-0.25, -0.2) is 9.97 Å². The number of hydrogen-bond donors (Lipinski definition) is 1. The minimum absolute atomic E-state index is 0.459. The molecule has 3 aromatic rings. The Morgan fingerprint density at radius 1 is 1.13 bits per heavy atom. The summed E-state index contributed by atoms with van der Waals surface area (Å²) in [6.07, 6.45) is 1.68. The highest BCUT2D eigenvalue weighted by Crippen LogP contribution is 2.26. The van der Waals surface area contributed by atoms with Crippen molar-refractivity contribution < 1.29 is 8.95 Å². The lowest BCUT2D eigenvalue weighted by Crippen LogP contribution is -2.37. The molecule has 0 unspecified atom stereocenters. The SMILES string of the molecule is COc1ccc(-c2ccnc(Nc3ccc(N4CCS(=O)CC4)cc3)n2)cc1C#N. The van der Waals surface area contributed by atoms with Crippen LogP contribution in [-0.4, -0.2) is 45.9 Å². The van der Waals surface area contributed by atoms with Crippen molar-refractivity contribution in [2.45, 2.75) is 0 Å². The maximum Gasteiger partial charge on any atom is 0.227 e. The second-order valence-electron chi connectivity index (χ2n) is 6.80. The van der Waals surface area contributed by atoms with Gasteiger partial charge in [0.2, 0.25) is 5.95 Å². The van der Waals surface area contributed by atoms with E-state index >= 15 is 0 Å². The van der Waals surface area contributed by atoms with Crippen LogP contribution in [-0.2, 0) is 10.8 Å². The maximum absolute atomic E-state index is 11.5. The summed E-state index contributed by atoms with van der Waals surface area (Å²) < 4.78 is 16.7. The molecule has 8 heteroatoms. The van der Waals surface area contributed by atoms with Crippen molar-refractivity contribution in [3.8, 4) is 23.1 Å². The van der Waals surface area contributed by atoms with Gasteiger partial charge in [-0.2, -0.15) is 5.26 Å². The zero-order chi connectivity index (χ0) is 20.9. The summed E-state index contributed by atoms with van der Waals surface area (Å²) in [6.45, 7) is 1.63. The third-order valence-corrected chi connectivity index (χ3v) is 6.21. The summed E-state index contributed by atoms with van der Waals surface area (Å²) in [5.74, 6) is 2.45. The molecule has 152 valence electrons. The van der Waals surface area contributed by atoms with Gasteiger partial charge in [-0.3, -0.25) is 4.21 Å². The second-order valence-corrected chi connectivity index (χ2v) is 8.50. The number of aromatic nitrogens is 2. The van der Waals surface area contributed by atoms with Crippen LogP contribution in [0, 0.1) is 11.3 Å². The number of nitrogens with zero attached hydrogens (tertiary/aromatic N) is 4. The zero-order valence-electron chi connectivity index (χ0n) is 16.5. The van der Waals surface area contributed by atoms with Crippen LogP contribution < -0.4 is 15.0 Å². The van der Waals surface area contributed by atoms with Crippen LogP contribution in [0.4, 0.5) is 17.3 Å². The minimum atomic E-state index is -0.683. The third kappa shape index (κ3) is 4.42. The molecule has 0 saturated carbocycles. The Bertz CT molecular complexity index is 1100. The number of hydrogen-bond acceptors (Lipinski definition) is 7. The molecule has 7 nitrogen and oxygen atoms in total. The number of nitriles is 1. The van der Waals surface area contributed by atoms with Crippen molar-refractivity contribution in [2.75, 3.05) is 41.9 Å². The van der Waals surface area contributed by atoms with E-state index in [1.807, 2.05) is 30.3 Å². The number of nitrogens with one attached hydrogen (secondary N) is 1. The fraction of sp³-hybridized carbons (Fsp3) is 0.227. The number of benzene rings is 2. The standard InChI is InChI=1S/C22H21N5O2S/c1-29-21-7-2-16(14-17(21)15-23)20-8-9-24-22(26-20)25-18-3-5-19(6-4-18)27-10-12-30(28)13-11-27/h2-9,14H,10-13H2,1H3,(H,24,25,26). The summed E-state index contributed by atoms with van der Waals surface area (Å²) in [5.41, 5.74) is 3.98. The quantitative estimate of drug-likeness (QED) is 0.678. The van der Waals surface area contributed by atoms with Gasteiger partial charge in [-0.1, -0.05) is 0 Å². The van der Waals surface area contributed by atoms with E-state index in [1.54, 1.807) is 31.5 Å². The lowest BCUT2D eigenvalue weighted by molar-refractivity contribution is 0.413. The first-order chi connectivity index (χ1) is 14.7. The molecular formula is C22H21N5O2S. The zero-order valence-corrected chi connectivity index (χ0v) is 17.4. The first-order valence-corrected chi connectivity index (χ1v) is 11.0. The molecule has 0 amide bonds. The van der Waals surface area contributed by atoms with Crippen LogP contribution in [0.3, 0.4) is 0 Å².